The lowest BCUT2D eigenvalue weighted by Crippen LogP contribution is -2.31. The molecule has 0 fully saturated rings. The highest BCUT2D eigenvalue weighted by molar-refractivity contribution is 7.92. The van der Waals surface area contributed by atoms with Crippen LogP contribution in [-0.4, -0.2) is 31.8 Å². The first-order chi connectivity index (χ1) is 9.31. The molecule has 0 spiro atoms. The van der Waals surface area contributed by atoms with E-state index in [-0.39, 0.29) is 11.3 Å². The SMILES string of the molecule is CC(C)CCS(=O)(=O)N1CCc2cc(C(=O)O)ccc21. The number of hydrogen-bond donors (Lipinski definition) is 1. The summed E-state index contributed by atoms with van der Waals surface area (Å²) in [5.41, 5.74) is 1.61. The van der Waals surface area contributed by atoms with E-state index in [1.165, 1.54) is 10.4 Å². The van der Waals surface area contributed by atoms with Crippen LogP contribution < -0.4 is 4.31 Å². The van der Waals surface area contributed by atoms with Crippen LogP contribution in [0.4, 0.5) is 5.69 Å². The highest BCUT2D eigenvalue weighted by atomic mass is 32.2. The fraction of sp³-hybridized carbons (Fsp3) is 0.500. The lowest BCUT2D eigenvalue weighted by atomic mass is 10.1. The molecular formula is C14H19NO4S. The number of rotatable bonds is 5. The molecule has 5 nitrogen and oxygen atoms in total. The summed E-state index contributed by atoms with van der Waals surface area (Å²) in [4.78, 5) is 10.9. The van der Waals surface area contributed by atoms with Crippen LogP contribution >= 0.6 is 0 Å². The fourth-order valence-corrected chi connectivity index (χ4v) is 4.13. The number of benzene rings is 1. The molecule has 0 bridgehead atoms. The van der Waals surface area contributed by atoms with Crippen molar-refractivity contribution in [1.82, 2.24) is 0 Å². The van der Waals surface area contributed by atoms with E-state index in [0.29, 0.717) is 31.0 Å². The summed E-state index contributed by atoms with van der Waals surface area (Å²) in [6.07, 6.45) is 1.19. The summed E-state index contributed by atoms with van der Waals surface area (Å²) in [5.74, 6) is -0.528. The number of aromatic carboxylic acids is 1. The zero-order valence-electron chi connectivity index (χ0n) is 11.7. The Kier molecular flexibility index (Phi) is 4.04. The van der Waals surface area contributed by atoms with Gasteiger partial charge in [-0.05, 0) is 42.5 Å². The Morgan fingerprint density at radius 1 is 1.40 bits per heavy atom. The fourth-order valence-electron chi connectivity index (χ4n) is 2.29. The number of anilines is 1. The van der Waals surface area contributed by atoms with Gasteiger partial charge in [-0.15, -0.1) is 0 Å². The van der Waals surface area contributed by atoms with Gasteiger partial charge in [-0.2, -0.15) is 0 Å². The summed E-state index contributed by atoms with van der Waals surface area (Å²) in [6.45, 7) is 4.39. The molecule has 2 rings (SSSR count). The van der Waals surface area contributed by atoms with E-state index in [2.05, 4.69) is 0 Å². The first-order valence-electron chi connectivity index (χ1n) is 6.68. The van der Waals surface area contributed by atoms with E-state index < -0.39 is 16.0 Å². The number of nitrogens with zero attached hydrogens (tertiary/aromatic N) is 1. The highest BCUT2D eigenvalue weighted by Gasteiger charge is 2.29. The number of carboxylic acid groups (broad SMARTS) is 1. The first-order valence-corrected chi connectivity index (χ1v) is 8.29. The summed E-state index contributed by atoms with van der Waals surface area (Å²) in [6, 6.07) is 4.62. The molecule has 20 heavy (non-hydrogen) atoms. The molecule has 1 heterocycles. The zero-order chi connectivity index (χ0) is 14.9. The highest BCUT2D eigenvalue weighted by Crippen LogP contribution is 2.31. The largest absolute Gasteiger partial charge is 0.478 e. The summed E-state index contributed by atoms with van der Waals surface area (Å²) in [5, 5.41) is 8.96. The van der Waals surface area contributed by atoms with Gasteiger partial charge >= 0.3 is 5.97 Å². The molecule has 1 aromatic carbocycles. The molecular weight excluding hydrogens is 278 g/mol. The average Bonchev–Trinajstić information content (AvgIpc) is 2.79. The third-order valence-corrected chi connectivity index (χ3v) is 5.27. The quantitative estimate of drug-likeness (QED) is 0.903. The molecule has 110 valence electrons. The second-order valence-electron chi connectivity index (χ2n) is 5.47. The van der Waals surface area contributed by atoms with Crippen LogP contribution in [0.3, 0.4) is 0 Å². The Balaban J connectivity index is 2.26. The van der Waals surface area contributed by atoms with Crippen molar-refractivity contribution in [1.29, 1.82) is 0 Å². The van der Waals surface area contributed by atoms with Crippen molar-refractivity contribution in [2.75, 3.05) is 16.6 Å². The molecule has 0 atom stereocenters. The minimum absolute atomic E-state index is 0.130. The van der Waals surface area contributed by atoms with E-state index in [1.807, 2.05) is 13.8 Å². The second kappa shape index (κ2) is 5.44. The Morgan fingerprint density at radius 2 is 2.10 bits per heavy atom. The van der Waals surface area contributed by atoms with E-state index in [4.69, 9.17) is 5.11 Å². The van der Waals surface area contributed by atoms with Gasteiger partial charge in [0.2, 0.25) is 10.0 Å². The van der Waals surface area contributed by atoms with Gasteiger partial charge < -0.3 is 5.11 Å². The van der Waals surface area contributed by atoms with Crippen LogP contribution in [-0.2, 0) is 16.4 Å². The van der Waals surface area contributed by atoms with Crippen molar-refractivity contribution in [3.63, 3.8) is 0 Å². The van der Waals surface area contributed by atoms with E-state index in [1.54, 1.807) is 12.1 Å². The minimum Gasteiger partial charge on any atom is -0.478 e. The zero-order valence-corrected chi connectivity index (χ0v) is 12.5. The van der Waals surface area contributed by atoms with Gasteiger partial charge in [0.15, 0.2) is 0 Å². The van der Waals surface area contributed by atoms with Gasteiger partial charge in [0.05, 0.1) is 17.0 Å². The number of hydrogen-bond acceptors (Lipinski definition) is 3. The van der Waals surface area contributed by atoms with Gasteiger partial charge in [0, 0.05) is 6.54 Å². The van der Waals surface area contributed by atoms with Crippen molar-refractivity contribution in [3.8, 4) is 0 Å². The molecule has 0 amide bonds. The van der Waals surface area contributed by atoms with E-state index in [9.17, 15) is 13.2 Å². The Hall–Kier alpha value is -1.56. The number of fused-ring (bicyclic) bond motifs is 1. The molecule has 1 aliphatic heterocycles. The molecule has 0 saturated heterocycles. The molecule has 1 aromatic rings. The monoisotopic (exact) mass is 297 g/mol. The molecule has 6 heteroatoms. The van der Waals surface area contributed by atoms with Crippen molar-refractivity contribution >= 4 is 21.7 Å². The Labute approximate surface area is 119 Å². The van der Waals surface area contributed by atoms with Crippen molar-refractivity contribution < 1.29 is 18.3 Å². The third kappa shape index (κ3) is 2.95. The third-order valence-electron chi connectivity index (χ3n) is 3.47. The van der Waals surface area contributed by atoms with Gasteiger partial charge in [-0.3, -0.25) is 4.31 Å². The lowest BCUT2D eigenvalue weighted by molar-refractivity contribution is 0.0697. The van der Waals surface area contributed by atoms with Gasteiger partial charge in [0.1, 0.15) is 0 Å². The predicted molar refractivity (Wildman–Crippen MR) is 77.7 cm³/mol. The lowest BCUT2D eigenvalue weighted by Gasteiger charge is -2.20. The molecule has 1 N–H and O–H groups in total. The standard InChI is InChI=1S/C14H19NO4S/c1-10(2)6-8-20(18,19)15-7-5-11-9-12(14(16)17)3-4-13(11)15/h3-4,9-10H,5-8H2,1-2H3,(H,16,17). The molecule has 0 aromatic heterocycles. The summed E-state index contributed by atoms with van der Waals surface area (Å²) >= 11 is 0. The van der Waals surface area contributed by atoms with Crippen LogP contribution in [0.15, 0.2) is 18.2 Å². The van der Waals surface area contributed by atoms with E-state index >= 15 is 0 Å². The van der Waals surface area contributed by atoms with Crippen molar-refractivity contribution in [3.05, 3.63) is 29.3 Å². The van der Waals surface area contributed by atoms with Crippen LogP contribution in [0.5, 0.6) is 0 Å². The second-order valence-corrected chi connectivity index (χ2v) is 7.48. The Bertz CT molecular complexity index is 622. The molecule has 1 aliphatic rings. The Morgan fingerprint density at radius 3 is 2.70 bits per heavy atom. The average molecular weight is 297 g/mol. The molecule has 0 radical (unpaired) electrons. The normalized spacial score (nSPS) is 14.7. The maximum Gasteiger partial charge on any atom is 0.335 e. The van der Waals surface area contributed by atoms with Crippen molar-refractivity contribution in [2.24, 2.45) is 5.92 Å². The number of sulfonamides is 1. The number of carboxylic acids is 1. The van der Waals surface area contributed by atoms with Crippen molar-refractivity contribution in [2.45, 2.75) is 26.7 Å². The molecule has 0 aliphatic carbocycles. The predicted octanol–water partition coefficient (Wildman–Crippen LogP) is 2.12. The topological polar surface area (TPSA) is 74.7 Å². The van der Waals surface area contributed by atoms with Gasteiger partial charge in [0.25, 0.3) is 0 Å². The van der Waals surface area contributed by atoms with Crippen LogP contribution in [0, 0.1) is 5.92 Å². The summed E-state index contributed by atoms with van der Waals surface area (Å²) in [7, 11) is -3.32. The summed E-state index contributed by atoms with van der Waals surface area (Å²) < 4.78 is 26.1. The van der Waals surface area contributed by atoms with Gasteiger partial charge in [-0.1, -0.05) is 13.8 Å². The molecule has 0 saturated carbocycles. The number of carbonyl (C=O) groups is 1. The minimum atomic E-state index is -3.32. The molecule has 0 unspecified atom stereocenters. The van der Waals surface area contributed by atoms with Crippen LogP contribution in [0.2, 0.25) is 0 Å². The smallest absolute Gasteiger partial charge is 0.335 e. The van der Waals surface area contributed by atoms with E-state index in [0.717, 1.165) is 5.56 Å². The van der Waals surface area contributed by atoms with Crippen LogP contribution in [0.1, 0.15) is 36.2 Å². The van der Waals surface area contributed by atoms with Crippen LogP contribution in [0.25, 0.3) is 0 Å². The maximum absolute atomic E-state index is 12.3. The maximum atomic E-state index is 12.3. The van der Waals surface area contributed by atoms with Gasteiger partial charge in [-0.25, -0.2) is 13.2 Å². The first kappa shape index (κ1) is 14.8.